The summed E-state index contributed by atoms with van der Waals surface area (Å²) in [6.45, 7) is 1.29. The molecule has 154 valence electrons. The van der Waals surface area contributed by atoms with Crippen LogP contribution in [0, 0.1) is 0 Å². The van der Waals surface area contributed by atoms with Gasteiger partial charge in [-0.1, -0.05) is 24.6 Å². The van der Waals surface area contributed by atoms with Crippen molar-refractivity contribution in [2.24, 2.45) is 0 Å². The molecule has 0 radical (unpaired) electrons. The molecule has 1 saturated heterocycles. The van der Waals surface area contributed by atoms with Crippen LogP contribution in [0.2, 0.25) is 0 Å². The number of nitrogen functional groups attached to an aromatic ring is 1. The van der Waals surface area contributed by atoms with Gasteiger partial charge in [-0.2, -0.15) is 13.2 Å². The fourth-order valence-electron chi connectivity index (χ4n) is 3.35. The Labute approximate surface area is 161 Å². The number of anilines is 1. The topological polar surface area (TPSA) is 86.1 Å². The van der Waals surface area contributed by atoms with Crippen molar-refractivity contribution in [3.8, 4) is 0 Å². The summed E-state index contributed by atoms with van der Waals surface area (Å²) in [7, 11) is 0. The molecular weight excluding hydrogens is 373 g/mol. The average Bonchev–Trinajstić information content (AvgIpc) is 3.11. The third-order valence-corrected chi connectivity index (χ3v) is 4.80. The molecule has 2 aromatic rings. The van der Waals surface area contributed by atoms with Crippen molar-refractivity contribution in [2.45, 2.75) is 56.9 Å². The lowest BCUT2D eigenvalue weighted by molar-refractivity contribution is -0.162. The third-order valence-electron chi connectivity index (χ3n) is 4.80. The number of ether oxygens (including phenoxy) is 2. The number of H-pyrrole nitrogens is 1. The summed E-state index contributed by atoms with van der Waals surface area (Å²) in [6, 6.07) is 5.31. The number of nitrogens with zero attached hydrogens (tertiary/aromatic N) is 2. The lowest BCUT2D eigenvalue weighted by atomic mass is 9.91. The van der Waals surface area contributed by atoms with Crippen molar-refractivity contribution in [1.29, 1.82) is 0 Å². The molecule has 6 nitrogen and oxygen atoms in total. The van der Waals surface area contributed by atoms with Crippen molar-refractivity contribution < 1.29 is 22.6 Å². The van der Waals surface area contributed by atoms with E-state index in [1.165, 1.54) is 6.07 Å². The van der Waals surface area contributed by atoms with E-state index in [2.05, 4.69) is 15.2 Å². The second-order valence-corrected chi connectivity index (χ2v) is 6.93. The van der Waals surface area contributed by atoms with E-state index >= 15 is 0 Å². The molecule has 0 spiro atoms. The molecule has 0 saturated carbocycles. The number of hydrogen-bond donors (Lipinski definition) is 2. The number of benzene rings is 1. The van der Waals surface area contributed by atoms with Crippen LogP contribution in [0.4, 0.5) is 19.1 Å². The van der Waals surface area contributed by atoms with Gasteiger partial charge in [0, 0.05) is 19.1 Å². The normalized spacial score (nSPS) is 18.9. The van der Waals surface area contributed by atoms with E-state index in [9.17, 15) is 13.2 Å². The number of unbranched alkanes of at least 4 members (excludes halogenated alkanes) is 1. The van der Waals surface area contributed by atoms with E-state index in [0.29, 0.717) is 24.4 Å². The summed E-state index contributed by atoms with van der Waals surface area (Å²) < 4.78 is 50.5. The Bertz CT molecular complexity index is 745. The number of nitrogens with one attached hydrogen (secondary N) is 1. The second-order valence-electron chi connectivity index (χ2n) is 6.93. The lowest BCUT2D eigenvalue weighted by Gasteiger charge is -2.22. The molecule has 1 aliphatic heterocycles. The number of aromatic amines is 1. The Morgan fingerprint density at radius 2 is 2.11 bits per heavy atom. The molecule has 1 aliphatic rings. The van der Waals surface area contributed by atoms with Crippen LogP contribution in [0.5, 0.6) is 0 Å². The number of halogens is 3. The van der Waals surface area contributed by atoms with Crippen molar-refractivity contribution in [2.75, 3.05) is 18.9 Å². The number of nitrogens with two attached hydrogens (primary N) is 1. The molecular formula is C19H25F3N4O2. The Morgan fingerprint density at radius 3 is 2.79 bits per heavy atom. The largest absolute Gasteiger partial charge is 0.416 e. The van der Waals surface area contributed by atoms with Crippen LogP contribution < -0.4 is 5.73 Å². The first-order valence-electron chi connectivity index (χ1n) is 9.52. The summed E-state index contributed by atoms with van der Waals surface area (Å²) in [5, 5.41) is 7.74. The standard InChI is InChI=1S/C19H25F3N4O2/c20-19(21,22)14-7-5-6-13(12-14)15(17-24-18(23)26-25-17)8-1-3-10-27-16-9-2-4-11-28-16/h5-7,12,15-16H,1-4,8-11H2,(H3,23,24,25,26). The molecule has 2 unspecified atom stereocenters. The molecule has 1 aromatic carbocycles. The molecule has 1 fully saturated rings. The zero-order chi connectivity index (χ0) is 20.0. The Morgan fingerprint density at radius 1 is 1.25 bits per heavy atom. The molecule has 3 N–H and O–H groups in total. The van der Waals surface area contributed by atoms with Gasteiger partial charge in [-0.15, -0.1) is 10.2 Å². The van der Waals surface area contributed by atoms with Crippen molar-refractivity contribution in [1.82, 2.24) is 15.2 Å². The zero-order valence-electron chi connectivity index (χ0n) is 15.5. The van der Waals surface area contributed by atoms with Gasteiger partial charge in [-0.3, -0.25) is 0 Å². The van der Waals surface area contributed by atoms with Gasteiger partial charge >= 0.3 is 6.18 Å². The van der Waals surface area contributed by atoms with Crippen LogP contribution >= 0.6 is 0 Å². The molecule has 9 heteroatoms. The van der Waals surface area contributed by atoms with Crippen LogP contribution in [-0.4, -0.2) is 34.7 Å². The highest BCUT2D eigenvalue weighted by Gasteiger charge is 2.31. The minimum atomic E-state index is -4.39. The molecule has 0 aliphatic carbocycles. The van der Waals surface area contributed by atoms with Crippen molar-refractivity contribution >= 4 is 5.95 Å². The molecule has 2 heterocycles. The average molecular weight is 398 g/mol. The molecule has 28 heavy (non-hydrogen) atoms. The van der Waals surface area contributed by atoms with E-state index in [0.717, 1.165) is 50.8 Å². The predicted molar refractivity (Wildman–Crippen MR) is 97.5 cm³/mol. The van der Waals surface area contributed by atoms with E-state index in [-0.39, 0.29) is 18.2 Å². The highest BCUT2D eigenvalue weighted by Crippen LogP contribution is 2.34. The predicted octanol–water partition coefficient (Wildman–Crippen LogP) is 4.25. The fourth-order valence-corrected chi connectivity index (χ4v) is 3.35. The van der Waals surface area contributed by atoms with Gasteiger partial charge in [-0.05, 0) is 43.7 Å². The van der Waals surface area contributed by atoms with E-state index < -0.39 is 11.7 Å². The maximum atomic E-state index is 13.1. The summed E-state index contributed by atoms with van der Waals surface area (Å²) >= 11 is 0. The second kappa shape index (κ2) is 9.38. The monoisotopic (exact) mass is 398 g/mol. The number of hydrogen-bond acceptors (Lipinski definition) is 5. The van der Waals surface area contributed by atoms with Crippen LogP contribution in [0.15, 0.2) is 24.3 Å². The first kappa shape index (κ1) is 20.6. The summed E-state index contributed by atoms with van der Waals surface area (Å²) in [4.78, 5) is 2.85. The van der Waals surface area contributed by atoms with Crippen LogP contribution in [-0.2, 0) is 15.7 Å². The highest BCUT2D eigenvalue weighted by atomic mass is 19.4. The fraction of sp³-hybridized carbons (Fsp3) is 0.579. The van der Waals surface area contributed by atoms with Gasteiger partial charge in [0.15, 0.2) is 6.29 Å². The van der Waals surface area contributed by atoms with Crippen LogP contribution in [0.3, 0.4) is 0 Å². The Kier molecular flexibility index (Phi) is 6.90. The van der Waals surface area contributed by atoms with Crippen LogP contribution in [0.1, 0.15) is 61.4 Å². The van der Waals surface area contributed by atoms with Crippen molar-refractivity contribution in [3.05, 3.63) is 41.2 Å². The molecule has 0 bridgehead atoms. The Hall–Kier alpha value is -2.13. The zero-order valence-corrected chi connectivity index (χ0v) is 15.5. The van der Waals surface area contributed by atoms with Crippen LogP contribution in [0.25, 0.3) is 0 Å². The van der Waals surface area contributed by atoms with Crippen molar-refractivity contribution in [3.63, 3.8) is 0 Å². The van der Waals surface area contributed by atoms with E-state index in [4.69, 9.17) is 15.2 Å². The first-order chi connectivity index (χ1) is 13.4. The SMILES string of the molecule is Nc1nnc(C(CCCCOC2CCCCO2)c2cccc(C(F)(F)F)c2)[nH]1. The molecule has 1 aromatic heterocycles. The molecule has 3 rings (SSSR count). The summed E-state index contributed by atoms with van der Waals surface area (Å²) in [5.74, 6) is 0.260. The first-order valence-corrected chi connectivity index (χ1v) is 9.52. The third kappa shape index (κ3) is 5.68. The minimum Gasteiger partial charge on any atom is -0.368 e. The summed E-state index contributed by atoms with van der Waals surface area (Å²) in [6.07, 6.45) is 0.688. The quantitative estimate of drug-likeness (QED) is 0.649. The van der Waals surface area contributed by atoms with Gasteiger partial charge in [0.05, 0.1) is 5.56 Å². The lowest BCUT2D eigenvalue weighted by Crippen LogP contribution is -2.22. The van der Waals surface area contributed by atoms with E-state index in [1.54, 1.807) is 6.07 Å². The van der Waals surface area contributed by atoms with Gasteiger partial charge in [0.25, 0.3) is 0 Å². The number of alkyl halides is 3. The van der Waals surface area contributed by atoms with Gasteiger partial charge in [-0.25, -0.2) is 0 Å². The number of rotatable bonds is 8. The summed E-state index contributed by atoms with van der Waals surface area (Å²) in [5.41, 5.74) is 5.46. The van der Waals surface area contributed by atoms with E-state index in [1.807, 2.05) is 0 Å². The molecule has 0 amide bonds. The maximum absolute atomic E-state index is 13.1. The Balaban J connectivity index is 1.61. The highest BCUT2D eigenvalue weighted by molar-refractivity contribution is 5.32. The smallest absolute Gasteiger partial charge is 0.368 e. The van der Waals surface area contributed by atoms with Gasteiger partial charge in [0.2, 0.25) is 5.95 Å². The molecule has 2 atom stereocenters. The number of aromatic nitrogens is 3. The van der Waals surface area contributed by atoms with Gasteiger partial charge < -0.3 is 20.2 Å². The maximum Gasteiger partial charge on any atom is 0.416 e. The van der Waals surface area contributed by atoms with Gasteiger partial charge in [0.1, 0.15) is 5.82 Å². The minimum absolute atomic E-state index is 0.137.